The molecular formula is C16H12N2O5S. The van der Waals surface area contributed by atoms with E-state index in [1.165, 1.54) is 55.6 Å². The molecule has 24 heavy (non-hydrogen) atoms. The first-order chi connectivity index (χ1) is 11.4. The van der Waals surface area contributed by atoms with Crippen LogP contribution >= 0.6 is 0 Å². The third-order valence-corrected chi connectivity index (χ3v) is 4.44. The van der Waals surface area contributed by atoms with Crippen LogP contribution in [0.5, 0.6) is 0 Å². The molecular weight excluding hydrogens is 332 g/mol. The van der Waals surface area contributed by atoms with Crippen LogP contribution in [0.25, 0.3) is 0 Å². The lowest BCUT2D eigenvalue weighted by atomic mass is 10.1. The van der Waals surface area contributed by atoms with Crippen molar-refractivity contribution in [3.05, 3.63) is 65.2 Å². The minimum Gasteiger partial charge on any atom is -0.465 e. The Bertz CT molecular complexity index is 910. The molecule has 0 heterocycles. The molecule has 1 N–H and O–H groups in total. The van der Waals surface area contributed by atoms with E-state index in [-0.39, 0.29) is 16.0 Å². The molecule has 2 aromatic rings. The number of amides is 1. The predicted octanol–water partition coefficient (Wildman–Crippen LogP) is 1.46. The third-order valence-electron chi connectivity index (χ3n) is 3.09. The van der Waals surface area contributed by atoms with Gasteiger partial charge in [0, 0.05) is 5.56 Å². The smallest absolute Gasteiger partial charge is 0.337 e. The van der Waals surface area contributed by atoms with Crippen LogP contribution in [0.15, 0.2) is 53.4 Å². The van der Waals surface area contributed by atoms with Crippen LogP contribution < -0.4 is 4.72 Å². The first-order valence-electron chi connectivity index (χ1n) is 6.63. The van der Waals surface area contributed by atoms with Gasteiger partial charge in [0.1, 0.15) is 0 Å². The maximum absolute atomic E-state index is 12.1. The molecule has 0 atom stereocenters. The van der Waals surface area contributed by atoms with Crippen LogP contribution in [-0.4, -0.2) is 27.4 Å². The number of nitriles is 1. The van der Waals surface area contributed by atoms with Crippen LogP contribution in [0.2, 0.25) is 0 Å². The van der Waals surface area contributed by atoms with Crippen molar-refractivity contribution in [1.82, 2.24) is 4.72 Å². The van der Waals surface area contributed by atoms with Gasteiger partial charge in [-0.2, -0.15) is 5.26 Å². The Morgan fingerprint density at radius 2 is 1.54 bits per heavy atom. The zero-order chi connectivity index (χ0) is 17.7. The van der Waals surface area contributed by atoms with Crippen molar-refractivity contribution in [3.63, 3.8) is 0 Å². The van der Waals surface area contributed by atoms with Crippen LogP contribution in [0.1, 0.15) is 26.3 Å². The van der Waals surface area contributed by atoms with Gasteiger partial charge in [-0.15, -0.1) is 0 Å². The minimum atomic E-state index is -4.06. The van der Waals surface area contributed by atoms with Crippen molar-refractivity contribution >= 4 is 21.9 Å². The molecule has 2 aromatic carbocycles. The number of hydrogen-bond donors (Lipinski definition) is 1. The number of carbonyl (C=O) groups excluding carboxylic acids is 2. The number of sulfonamides is 1. The summed E-state index contributed by atoms with van der Waals surface area (Å²) in [6.07, 6.45) is 0. The van der Waals surface area contributed by atoms with E-state index in [0.29, 0.717) is 5.56 Å². The average Bonchev–Trinajstić information content (AvgIpc) is 2.60. The monoisotopic (exact) mass is 344 g/mol. The fraction of sp³-hybridized carbons (Fsp3) is 0.0625. The Kier molecular flexibility index (Phi) is 4.96. The summed E-state index contributed by atoms with van der Waals surface area (Å²) < 4.78 is 30.8. The highest BCUT2D eigenvalue weighted by atomic mass is 32.2. The Morgan fingerprint density at radius 1 is 1.00 bits per heavy atom. The molecule has 0 aromatic heterocycles. The van der Waals surface area contributed by atoms with E-state index >= 15 is 0 Å². The van der Waals surface area contributed by atoms with Crippen LogP contribution in [0.3, 0.4) is 0 Å². The fourth-order valence-corrected chi connectivity index (χ4v) is 2.80. The molecule has 122 valence electrons. The number of esters is 1. The second-order valence-corrected chi connectivity index (χ2v) is 6.32. The summed E-state index contributed by atoms with van der Waals surface area (Å²) >= 11 is 0. The zero-order valence-electron chi connectivity index (χ0n) is 12.5. The Hall–Kier alpha value is -3.18. The molecule has 0 spiro atoms. The number of carbonyl (C=O) groups is 2. The van der Waals surface area contributed by atoms with E-state index in [9.17, 15) is 18.0 Å². The number of hydrogen-bond acceptors (Lipinski definition) is 6. The topological polar surface area (TPSA) is 113 Å². The second-order valence-electron chi connectivity index (χ2n) is 4.64. The van der Waals surface area contributed by atoms with E-state index in [1.807, 2.05) is 10.8 Å². The molecule has 2 rings (SSSR count). The summed E-state index contributed by atoms with van der Waals surface area (Å²) in [4.78, 5) is 23.2. The molecule has 8 heteroatoms. The molecule has 0 fully saturated rings. The van der Waals surface area contributed by atoms with E-state index in [1.54, 1.807) is 0 Å². The van der Waals surface area contributed by atoms with Gasteiger partial charge in [0.2, 0.25) is 0 Å². The quantitative estimate of drug-likeness (QED) is 0.840. The molecule has 0 unspecified atom stereocenters. The summed E-state index contributed by atoms with van der Waals surface area (Å²) in [7, 11) is -2.84. The lowest BCUT2D eigenvalue weighted by Crippen LogP contribution is -2.30. The second kappa shape index (κ2) is 6.93. The van der Waals surface area contributed by atoms with Gasteiger partial charge in [0.15, 0.2) is 0 Å². The van der Waals surface area contributed by atoms with Crippen molar-refractivity contribution in [2.75, 3.05) is 7.11 Å². The van der Waals surface area contributed by atoms with Gasteiger partial charge >= 0.3 is 5.97 Å². The summed E-state index contributed by atoms with van der Waals surface area (Å²) in [5.74, 6) is -1.40. The van der Waals surface area contributed by atoms with Gasteiger partial charge in [0.25, 0.3) is 15.9 Å². The number of nitrogens with one attached hydrogen (secondary N) is 1. The van der Waals surface area contributed by atoms with Crippen molar-refractivity contribution < 1.29 is 22.7 Å². The molecule has 1 amide bonds. The highest BCUT2D eigenvalue weighted by Gasteiger charge is 2.19. The standard InChI is InChI=1S/C16H12N2O5S/c1-23-16(20)13-6-4-12(5-7-13)15(19)18-24(21,22)14-8-2-11(10-17)3-9-14/h2-9H,1H3,(H,18,19). The van der Waals surface area contributed by atoms with Crippen molar-refractivity contribution in [3.8, 4) is 6.07 Å². The number of ether oxygens (including phenoxy) is 1. The molecule has 0 saturated heterocycles. The maximum Gasteiger partial charge on any atom is 0.337 e. The van der Waals surface area contributed by atoms with E-state index in [0.717, 1.165) is 0 Å². The minimum absolute atomic E-state index is 0.0693. The van der Waals surface area contributed by atoms with Crippen molar-refractivity contribution in [2.24, 2.45) is 0 Å². The molecule has 0 radical (unpaired) electrons. The van der Waals surface area contributed by atoms with E-state index < -0.39 is 21.9 Å². The van der Waals surface area contributed by atoms with Gasteiger partial charge in [-0.25, -0.2) is 17.9 Å². The van der Waals surface area contributed by atoms with Crippen LogP contribution in [0, 0.1) is 11.3 Å². The summed E-state index contributed by atoms with van der Waals surface area (Å²) in [6.45, 7) is 0. The normalized spacial score (nSPS) is 10.5. The first-order valence-corrected chi connectivity index (χ1v) is 8.11. The van der Waals surface area contributed by atoms with Crippen LogP contribution in [0.4, 0.5) is 0 Å². The average molecular weight is 344 g/mol. The Balaban J connectivity index is 2.18. The van der Waals surface area contributed by atoms with Gasteiger partial charge in [-0.1, -0.05) is 0 Å². The molecule has 0 aliphatic carbocycles. The number of benzene rings is 2. The summed E-state index contributed by atoms with van der Waals surface area (Å²) in [6, 6.07) is 12.4. The summed E-state index contributed by atoms with van der Waals surface area (Å²) in [5, 5.41) is 8.70. The third kappa shape index (κ3) is 3.77. The van der Waals surface area contributed by atoms with Crippen LogP contribution in [-0.2, 0) is 14.8 Å². The largest absolute Gasteiger partial charge is 0.465 e. The van der Waals surface area contributed by atoms with E-state index in [4.69, 9.17) is 5.26 Å². The fourth-order valence-electron chi connectivity index (χ4n) is 1.82. The van der Waals surface area contributed by atoms with Gasteiger partial charge < -0.3 is 4.74 Å². The molecule has 0 aliphatic heterocycles. The summed E-state index contributed by atoms with van der Waals surface area (Å²) in [5.41, 5.74) is 0.613. The number of rotatable bonds is 4. The predicted molar refractivity (Wildman–Crippen MR) is 83.6 cm³/mol. The number of nitrogens with zero attached hydrogens (tertiary/aromatic N) is 1. The first kappa shape index (κ1) is 17.2. The van der Waals surface area contributed by atoms with Gasteiger partial charge in [0.05, 0.1) is 29.2 Å². The molecule has 0 bridgehead atoms. The van der Waals surface area contributed by atoms with E-state index in [2.05, 4.69) is 4.74 Å². The SMILES string of the molecule is COC(=O)c1ccc(C(=O)NS(=O)(=O)c2ccc(C#N)cc2)cc1. The molecule has 0 aliphatic rings. The highest BCUT2D eigenvalue weighted by molar-refractivity contribution is 7.90. The lowest BCUT2D eigenvalue weighted by molar-refractivity contribution is 0.0600. The van der Waals surface area contributed by atoms with Crippen molar-refractivity contribution in [1.29, 1.82) is 5.26 Å². The Morgan fingerprint density at radius 3 is 2.04 bits per heavy atom. The zero-order valence-corrected chi connectivity index (χ0v) is 13.3. The Labute approximate surface area is 138 Å². The van der Waals surface area contributed by atoms with Crippen molar-refractivity contribution in [2.45, 2.75) is 4.90 Å². The molecule has 7 nitrogen and oxygen atoms in total. The van der Waals surface area contributed by atoms with Gasteiger partial charge in [-0.05, 0) is 48.5 Å². The molecule has 0 saturated carbocycles. The van der Waals surface area contributed by atoms with Gasteiger partial charge in [-0.3, -0.25) is 4.79 Å². The maximum atomic E-state index is 12.1. The highest BCUT2D eigenvalue weighted by Crippen LogP contribution is 2.12. The lowest BCUT2D eigenvalue weighted by Gasteiger charge is -2.07. The number of methoxy groups -OCH3 is 1.